The molecule has 70 valence electrons. The lowest BCUT2D eigenvalue weighted by Crippen LogP contribution is -2.32. The Balaban J connectivity index is 2.24. The van der Waals surface area contributed by atoms with Crippen molar-refractivity contribution in [2.45, 2.75) is 37.9 Å². The minimum Gasteiger partial charge on any atom is -0.229 e. The molecule has 3 heteroatoms. The van der Waals surface area contributed by atoms with Crippen molar-refractivity contribution in [1.29, 1.82) is 0 Å². The number of sulfone groups is 1. The first-order valence-corrected chi connectivity index (χ1v) is 6.53. The number of rotatable bonds is 0. The first-order valence-electron chi connectivity index (χ1n) is 4.81. The Kier molecular flexibility index (Phi) is 1.94. The highest BCUT2D eigenvalue weighted by molar-refractivity contribution is 7.92. The summed E-state index contributed by atoms with van der Waals surface area (Å²) in [6.45, 7) is 2.17. The van der Waals surface area contributed by atoms with E-state index in [0.717, 1.165) is 25.7 Å². The van der Waals surface area contributed by atoms with Crippen LogP contribution in [-0.2, 0) is 9.84 Å². The normalized spacial score (nSPS) is 45.6. The van der Waals surface area contributed by atoms with Gasteiger partial charge in [-0.15, -0.1) is 0 Å². The van der Waals surface area contributed by atoms with Crippen LogP contribution in [0, 0.1) is 11.8 Å². The van der Waals surface area contributed by atoms with Crippen LogP contribution in [0.2, 0.25) is 0 Å². The zero-order valence-electron chi connectivity index (χ0n) is 7.49. The van der Waals surface area contributed by atoms with Gasteiger partial charge in [-0.05, 0) is 37.5 Å². The summed E-state index contributed by atoms with van der Waals surface area (Å²) >= 11 is 0. The van der Waals surface area contributed by atoms with E-state index in [9.17, 15) is 8.42 Å². The zero-order chi connectivity index (χ0) is 8.77. The van der Waals surface area contributed by atoms with E-state index in [1.54, 1.807) is 0 Å². The van der Waals surface area contributed by atoms with E-state index in [0.29, 0.717) is 17.6 Å². The molecule has 0 aromatic heterocycles. The molecule has 1 saturated carbocycles. The maximum absolute atomic E-state index is 11.6. The smallest absolute Gasteiger partial charge is 0.153 e. The van der Waals surface area contributed by atoms with E-state index < -0.39 is 9.84 Å². The van der Waals surface area contributed by atoms with E-state index >= 15 is 0 Å². The monoisotopic (exact) mass is 188 g/mol. The Morgan fingerprint density at radius 1 is 1.25 bits per heavy atom. The fourth-order valence-electron chi connectivity index (χ4n) is 2.80. The average Bonchev–Trinajstić information content (AvgIpc) is 2.30. The van der Waals surface area contributed by atoms with Gasteiger partial charge in [0.1, 0.15) is 0 Å². The molecule has 3 unspecified atom stereocenters. The van der Waals surface area contributed by atoms with Crippen LogP contribution in [0.4, 0.5) is 0 Å². The zero-order valence-corrected chi connectivity index (χ0v) is 8.31. The van der Waals surface area contributed by atoms with Gasteiger partial charge in [-0.1, -0.05) is 6.92 Å². The highest BCUT2D eigenvalue weighted by Crippen LogP contribution is 2.41. The molecule has 0 bridgehead atoms. The molecule has 1 saturated heterocycles. The minimum atomic E-state index is -2.69. The maximum atomic E-state index is 11.6. The van der Waals surface area contributed by atoms with E-state index in [1.807, 2.05) is 0 Å². The first kappa shape index (κ1) is 8.54. The molecule has 0 spiro atoms. The van der Waals surface area contributed by atoms with E-state index in [1.165, 1.54) is 0 Å². The van der Waals surface area contributed by atoms with Crippen LogP contribution in [0.15, 0.2) is 0 Å². The third-order valence-electron chi connectivity index (χ3n) is 3.33. The van der Waals surface area contributed by atoms with Crippen LogP contribution < -0.4 is 0 Å². The lowest BCUT2D eigenvalue weighted by molar-refractivity contribution is 0.446. The Labute approximate surface area is 74.3 Å². The Morgan fingerprint density at radius 2 is 2.00 bits per heavy atom. The number of hydrogen-bond donors (Lipinski definition) is 0. The molecule has 1 heterocycles. The number of hydrogen-bond acceptors (Lipinski definition) is 2. The second-order valence-electron chi connectivity index (χ2n) is 4.38. The summed E-state index contributed by atoms with van der Waals surface area (Å²) in [6, 6.07) is 0. The second kappa shape index (κ2) is 2.72. The summed E-state index contributed by atoms with van der Waals surface area (Å²) in [5.74, 6) is 1.58. The van der Waals surface area contributed by atoms with Crippen molar-refractivity contribution in [3.63, 3.8) is 0 Å². The Morgan fingerprint density at radius 3 is 2.67 bits per heavy atom. The van der Waals surface area contributed by atoms with Crippen molar-refractivity contribution in [2.75, 3.05) is 5.75 Å². The molecule has 1 aliphatic heterocycles. The van der Waals surface area contributed by atoms with Gasteiger partial charge in [0, 0.05) is 0 Å². The largest absolute Gasteiger partial charge is 0.229 e. The Bertz CT molecular complexity index is 268. The van der Waals surface area contributed by atoms with Gasteiger partial charge in [0.15, 0.2) is 9.84 Å². The molecule has 0 amide bonds. The standard InChI is InChI=1S/C9H16O2S/c1-7-5-8-3-2-4-12(10,11)9(8)6-7/h7-9H,2-6H2,1H3. The third kappa shape index (κ3) is 1.28. The van der Waals surface area contributed by atoms with Crippen LogP contribution in [0.5, 0.6) is 0 Å². The molecule has 0 aromatic carbocycles. The summed E-state index contributed by atoms with van der Waals surface area (Å²) in [6.07, 6.45) is 4.11. The van der Waals surface area contributed by atoms with Crippen LogP contribution in [0.1, 0.15) is 32.6 Å². The molecule has 0 N–H and O–H groups in total. The topological polar surface area (TPSA) is 34.1 Å². The molecule has 2 nitrogen and oxygen atoms in total. The van der Waals surface area contributed by atoms with Crippen LogP contribution >= 0.6 is 0 Å². The van der Waals surface area contributed by atoms with Gasteiger partial charge in [-0.3, -0.25) is 0 Å². The molecular weight excluding hydrogens is 172 g/mol. The summed E-state index contributed by atoms with van der Waals surface area (Å²) in [4.78, 5) is 0. The maximum Gasteiger partial charge on any atom is 0.153 e. The quantitative estimate of drug-likeness (QED) is 0.579. The molecule has 0 aromatic rings. The van der Waals surface area contributed by atoms with Gasteiger partial charge >= 0.3 is 0 Å². The number of fused-ring (bicyclic) bond motifs is 1. The van der Waals surface area contributed by atoms with Gasteiger partial charge < -0.3 is 0 Å². The fraction of sp³-hybridized carbons (Fsp3) is 1.00. The molecule has 1 aliphatic carbocycles. The van der Waals surface area contributed by atoms with E-state index in [4.69, 9.17) is 0 Å². The molecular formula is C9H16O2S. The van der Waals surface area contributed by atoms with Crippen LogP contribution in [0.3, 0.4) is 0 Å². The predicted octanol–water partition coefficient (Wildman–Crippen LogP) is 1.61. The van der Waals surface area contributed by atoms with Gasteiger partial charge in [0.25, 0.3) is 0 Å². The molecule has 0 radical (unpaired) electrons. The average molecular weight is 188 g/mol. The first-order chi connectivity index (χ1) is 5.59. The van der Waals surface area contributed by atoms with Crippen molar-refractivity contribution in [3.05, 3.63) is 0 Å². The predicted molar refractivity (Wildman–Crippen MR) is 48.7 cm³/mol. The summed E-state index contributed by atoms with van der Waals surface area (Å²) in [5.41, 5.74) is 0. The van der Waals surface area contributed by atoms with Gasteiger partial charge in [0.05, 0.1) is 11.0 Å². The van der Waals surface area contributed by atoms with E-state index in [2.05, 4.69) is 6.92 Å². The highest BCUT2D eigenvalue weighted by atomic mass is 32.2. The van der Waals surface area contributed by atoms with E-state index in [-0.39, 0.29) is 5.25 Å². The highest BCUT2D eigenvalue weighted by Gasteiger charge is 2.42. The van der Waals surface area contributed by atoms with Crippen molar-refractivity contribution in [2.24, 2.45) is 11.8 Å². The summed E-state index contributed by atoms with van der Waals surface area (Å²) in [7, 11) is -2.69. The minimum absolute atomic E-state index is 0.0289. The van der Waals surface area contributed by atoms with Gasteiger partial charge in [-0.25, -0.2) is 8.42 Å². The fourth-order valence-corrected chi connectivity index (χ4v) is 5.12. The van der Waals surface area contributed by atoms with Crippen molar-refractivity contribution >= 4 is 9.84 Å². The molecule has 2 fully saturated rings. The Hall–Kier alpha value is -0.0500. The third-order valence-corrected chi connectivity index (χ3v) is 5.69. The van der Waals surface area contributed by atoms with Crippen molar-refractivity contribution < 1.29 is 8.42 Å². The molecule has 2 rings (SSSR count). The van der Waals surface area contributed by atoms with Crippen molar-refractivity contribution in [3.8, 4) is 0 Å². The molecule has 2 aliphatic rings. The SMILES string of the molecule is CC1CC2CCCS(=O)(=O)C2C1. The summed E-state index contributed by atoms with van der Waals surface area (Å²) in [5, 5.41) is 0.0289. The lowest BCUT2D eigenvalue weighted by atomic mass is 10.0. The second-order valence-corrected chi connectivity index (χ2v) is 6.72. The van der Waals surface area contributed by atoms with Crippen molar-refractivity contribution in [1.82, 2.24) is 0 Å². The lowest BCUT2D eigenvalue weighted by Gasteiger charge is -2.24. The van der Waals surface area contributed by atoms with Crippen LogP contribution in [-0.4, -0.2) is 19.4 Å². The van der Waals surface area contributed by atoms with Gasteiger partial charge in [-0.2, -0.15) is 0 Å². The molecule has 3 atom stereocenters. The summed E-state index contributed by atoms with van der Waals surface area (Å²) < 4.78 is 23.2. The molecule has 12 heavy (non-hydrogen) atoms. The van der Waals surface area contributed by atoms with Gasteiger partial charge in [0.2, 0.25) is 0 Å². The van der Waals surface area contributed by atoms with Crippen LogP contribution in [0.25, 0.3) is 0 Å².